The molecule has 2 aliphatic rings. The molecule has 0 amide bonds. The lowest BCUT2D eigenvalue weighted by Gasteiger charge is -2.35. The monoisotopic (exact) mass is 367 g/mol. The summed E-state index contributed by atoms with van der Waals surface area (Å²) in [6.07, 6.45) is 8.56. The molecule has 1 saturated heterocycles. The van der Waals surface area contributed by atoms with E-state index in [1.807, 2.05) is 6.07 Å². The van der Waals surface area contributed by atoms with Crippen molar-refractivity contribution in [3.63, 3.8) is 0 Å². The topological polar surface area (TPSA) is 12.5 Å². The Kier molecular flexibility index (Phi) is 7.15. The van der Waals surface area contributed by atoms with Crippen molar-refractivity contribution in [1.82, 2.24) is 4.90 Å². The second-order valence-corrected chi connectivity index (χ2v) is 8.05. The van der Waals surface area contributed by atoms with Gasteiger partial charge in [-0.15, -0.1) is 0 Å². The molecule has 4 heteroatoms. The second kappa shape index (κ2) is 9.34. The van der Waals surface area contributed by atoms with Gasteiger partial charge in [0.25, 0.3) is 0 Å². The number of rotatable bonds is 6. The Morgan fingerprint density at radius 3 is 2.48 bits per heavy atom. The normalized spacial score (nSPS) is 25.4. The Morgan fingerprint density at radius 1 is 1.12 bits per heavy atom. The minimum atomic E-state index is -0.241. The van der Waals surface area contributed by atoms with E-state index in [2.05, 4.69) is 11.8 Å². The highest BCUT2D eigenvalue weighted by Crippen LogP contribution is 2.39. The van der Waals surface area contributed by atoms with Crippen LogP contribution in [0.4, 0.5) is 4.39 Å². The first kappa shape index (κ1) is 19.1. The molecule has 1 heterocycles. The summed E-state index contributed by atoms with van der Waals surface area (Å²) in [5, 5.41) is 0.597. The molecule has 3 rings (SSSR count). The highest BCUT2D eigenvalue weighted by Gasteiger charge is 2.26. The van der Waals surface area contributed by atoms with E-state index in [9.17, 15) is 4.39 Å². The van der Waals surface area contributed by atoms with E-state index in [4.69, 9.17) is 16.3 Å². The molecular formula is C21H31ClFNO. The van der Waals surface area contributed by atoms with E-state index in [1.165, 1.54) is 57.6 Å². The fourth-order valence-electron chi connectivity index (χ4n) is 4.59. The van der Waals surface area contributed by atoms with Gasteiger partial charge in [-0.3, -0.25) is 0 Å². The largest absolute Gasteiger partial charge is 0.381 e. The first-order chi connectivity index (χ1) is 12.2. The van der Waals surface area contributed by atoms with E-state index in [1.54, 1.807) is 6.07 Å². The zero-order valence-corrected chi connectivity index (χ0v) is 16.1. The molecule has 0 N–H and O–H groups in total. The Hall–Kier alpha value is -0.640. The Labute approximate surface area is 156 Å². The van der Waals surface area contributed by atoms with Crippen LogP contribution in [0.2, 0.25) is 5.02 Å². The fraction of sp³-hybridized carbons (Fsp3) is 0.714. The number of hydrogen-bond acceptors (Lipinski definition) is 2. The van der Waals surface area contributed by atoms with Crippen LogP contribution in [-0.2, 0) is 4.74 Å². The molecule has 2 nitrogen and oxygen atoms in total. The first-order valence-electron chi connectivity index (χ1n) is 9.94. The van der Waals surface area contributed by atoms with E-state index in [-0.39, 0.29) is 5.82 Å². The molecule has 0 radical (unpaired) electrons. The predicted octanol–water partition coefficient (Wildman–Crippen LogP) is 5.64. The second-order valence-electron chi connectivity index (χ2n) is 7.64. The van der Waals surface area contributed by atoms with Gasteiger partial charge in [0, 0.05) is 24.3 Å². The maximum Gasteiger partial charge on any atom is 0.124 e. The van der Waals surface area contributed by atoms with E-state index in [0.29, 0.717) is 17.0 Å². The van der Waals surface area contributed by atoms with Gasteiger partial charge in [0.05, 0.1) is 0 Å². The van der Waals surface area contributed by atoms with Crippen LogP contribution >= 0.6 is 11.6 Å². The summed E-state index contributed by atoms with van der Waals surface area (Å²) < 4.78 is 18.7. The molecule has 0 atom stereocenters. The van der Waals surface area contributed by atoms with Crippen molar-refractivity contribution in [2.45, 2.75) is 63.8 Å². The van der Waals surface area contributed by atoms with Crippen LogP contribution in [0, 0.1) is 11.7 Å². The quantitative estimate of drug-likeness (QED) is 0.644. The highest BCUT2D eigenvalue weighted by atomic mass is 35.5. The van der Waals surface area contributed by atoms with Gasteiger partial charge in [-0.1, -0.05) is 24.6 Å². The lowest BCUT2D eigenvalue weighted by Crippen LogP contribution is -2.40. The number of nitrogens with zero attached hydrogens (tertiary/aromatic N) is 1. The highest BCUT2D eigenvalue weighted by molar-refractivity contribution is 6.31. The fourth-order valence-corrected chi connectivity index (χ4v) is 4.91. The van der Waals surface area contributed by atoms with Crippen molar-refractivity contribution in [2.24, 2.45) is 5.92 Å². The van der Waals surface area contributed by atoms with Crippen molar-refractivity contribution in [2.75, 3.05) is 26.3 Å². The van der Waals surface area contributed by atoms with Gasteiger partial charge in [-0.05, 0) is 87.6 Å². The molecule has 140 valence electrons. The molecule has 1 aliphatic carbocycles. The van der Waals surface area contributed by atoms with Crippen molar-refractivity contribution >= 4 is 11.6 Å². The van der Waals surface area contributed by atoms with Crippen LogP contribution in [-0.4, -0.2) is 37.2 Å². The van der Waals surface area contributed by atoms with Crippen LogP contribution in [0.3, 0.4) is 0 Å². The average molecular weight is 368 g/mol. The van der Waals surface area contributed by atoms with Gasteiger partial charge in [-0.25, -0.2) is 4.39 Å². The molecule has 0 bridgehead atoms. The Bertz CT molecular complexity index is 539. The maximum atomic E-state index is 13.2. The van der Waals surface area contributed by atoms with Crippen molar-refractivity contribution in [3.05, 3.63) is 34.6 Å². The van der Waals surface area contributed by atoms with Gasteiger partial charge in [0.1, 0.15) is 5.82 Å². The molecular weight excluding hydrogens is 337 g/mol. The summed E-state index contributed by atoms with van der Waals surface area (Å²) in [7, 11) is 0. The lowest BCUT2D eigenvalue weighted by atomic mass is 9.77. The van der Waals surface area contributed by atoms with Gasteiger partial charge >= 0.3 is 0 Å². The van der Waals surface area contributed by atoms with Gasteiger partial charge in [0.2, 0.25) is 0 Å². The number of ether oxygens (including phenoxy) is 1. The molecule has 0 spiro atoms. The van der Waals surface area contributed by atoms with Gasteiger partial charge in [-0.2, -0.15) is 0 Å². The minimum Gasteiger partial charge on any atom is -0.381 e. The van der Waals surface area contributed by atoms with Crippen LogP contribution in [0.15, 0.2) is 18.2 Å². The SMILES string of the molecule is CCN(CC[C@H]1CC[C@@H](c2ccc(F)cc2Cl)CC1)C1CCOCC1. The smallest absolute Gasteiger partial charge is 0.124 e. The first-order valence-corrected chi connectivity index (χ1v) is 10.3. The van der Waals surface area contributed by atoms with Crippen molar-refractivity contribution in [3.8, 4) is 0 Å². The van der Waals surface area contributed by atoms with Gasteiger partial charge in [0.15, 0.2) is 0 Å². The Morgan fingerprint density at radius 2 is 1.84 bits per heavy atom. The van der Waals surface area contributed by atoms with E-state index >= 15 is 0 Å². The average Bonchev–Trinajstić information content (AvgIpc) is 2.64. The zero-order chi connectivity index (χ0) is 17.6. The molecule has 1 aliphatic heterocycles. The third kappa shape index (κ3) is 5.18. The summed E-state index contributed by atoms with van der Waals surface area (Å²) in [6.45, 7) is 6.48. The summed E-state index contributed by atoms with van der Waals surface area (Å²) >= 11 is 6.25. The third-order valence-corrected chi connectivity index (χ3v) is 6.51. The molecule has 1 aromatic carbocycles. The maximum absolute atomic E-state index is 13.2. The molecule has 2 fully saturated rings. The summed E-state index contributed by atoms with van der Waals surface area (Å²) in [5.74, 6) is 1.08. The molecule has 1 aromatic rings. The Balaban J connectivity index is 1.45. The number of benzene rings is 1. The third-order valence-electron chi connectivity index (χ3n) is 6.19. The standard InChI is InChI=1S/C21H31ClFNO/c1-2-24(19-10-13-25-14-11-19)12-9-16-3-5-17(6-4-16)20-8-7-18(23)15-21(20)22/h7-8,15-17,19H,2-6,9-14H2,1H3/t16-,17+. The zero-order valence-electron chi connectivity index (χ0n) is 15.4. The molecule has 0 unspecified atom stereocenters. The number of hydrogen-bond donors (Lipinski definition) is 0. The van der Waals surface area contributed by atoms with Crippen molar-refractivity contribution in [1.29, 1.82) is 0 Å². The van der Waals surface area contributed by atoms with Crippen LogP contribution in [0.5, 0.6) is 0 Å². The summed E-state index contributed by atoms with van der Waals surface area (Å²) in [4.78, 5) is 2.66. The predicted molar refractivity (Wildman–Crippen MR) is 102 cm³/mol. The van der Waals surface area contributed by atoms with Crippen molar-refractivity contribution < 1.29 is 9.13 Å². The van der Waals surface area contributed by atoms with E-state index < -0.39 is 0 Å². The number of halogens is 2. The molecule has 25 heavy (non-hydrogen) atoms. The van der Waals surface area contributed by atoms with E-state index in [0.717, 1.165) is 31.2 Å². The van der Waals surface area contributed by atoms with Crippen LogP contribution < -0.4 is 0 Å². The summed E-state index contributed by atoms with van der Waals surface area (Å²) in [5.41, 5.74) is 1.14. The minimum absolute atomic E-state index is 0.241. The molecule has 0 aromatic heterocycles. The summed E-state index contributed by atoms with van der Waals surface area (Å²) in [6, 6.07) is 5.59. The van der Waals surface area contributed by atoms with Gasteiger partial charge < -0.3 is 9.64 Å². The van der Waals surface area contributed by atoms with Crippen LogP contribution in [0.25, 0.3) is 0 Å². The lowest BCUT2D eigenvalue weighted by molar-refractivity contribution is 0.0332. The molecule has 1 saturated carbocycles. The van der Waals surface area contributed by atoms with Crippen LogP contribution in [0.1, 0.15) is 63.4 Å².